The summed E-state index contributed by atoms with van der Waals surface area (Å²) in [5.41, 5.74) is 1.83. The average Bonchev–Trinajstić information content (AvgIpc) is 3.25. The van der Waals surface area contributed by atoms with E-state index < -0.39 is 11.9 Å². The van der Waals surface area contributed by atoms with E-state index in [1.807, 2.05) is 30.3 Å². The largest absolute Gasteiger partial charge is 0.493 e. The summed E-state index contributed by atoms with van der Waals surface area (Å²) in [5.74, 6) is 1.99. The van der Waals surface area contributed by atoms with E-state index in [2.05, 4.69) is 21.9 Å². The molecule has 0 unspecified atom stereocenters. The number of aromatic amines is 1. The van der Waals surface area contributed by atoms with Gasteiger partial charge in [0.05, 0.1) is 6.61 Å². The number of pyridine rings is 1. The zero-order valence-corrected chi connectivity index (χ0v) is 16.7. The summed E-state index contributed by atoms with van der Waals surface area (Å²) in [6, 6.07) is 11.8. The molecule has 1 aliphatic carbocycles. The Bertz CT molecular complexity index is 957. The van der Waals surface area contributed by atoms with Gasteiger partial charge in [0.15, 0.2) is 5.69 Å². The molecule has 0 spiro atoms. The van der Waals surface area contributed by atoms with E-state index in [9.17, 15) is 13.2 Å². The van der Waals surface area contributed by atoms with Crippen molar-refractivity contribution in [1.29, 1.82) is 0 Å². The molecule has 1 aliphatic rings. The number of rotatable bonds is 5. The van der Waals surface area contributed by atoms with Gasteiger partial charge in [0, 0.05) is 29.6 Å². The molecule has 2 aromatic heterocycles. The molecular weight excluding hydrogens is 391 g/mol. The molecule has 0 amide bonds. The molecule has 30 heavy (non-hydrogen) atoms. The maximum absolute atomic E-state index is 12.7. The second kappa shape index (κ2) is 8.50. The quantitative estimate of drug-likeness (QED) is 0.544. The highest BCUT2D eigenvalue weighted by Gasteiger charge is 2.33. The highest BCUT2D eigenvalue weighted by Crippen LogP contribution is 2.36. The predicted molar refractivity (Wildman–Crippen MR) is 108 cm³/mol. The van der Waals surface area contributed by atoms with Gasteiger partial charge >= 0.3 is 6.18 Å². The van der Waals surface area contributed by atoms with Crippen molar-refractivity contribution in [3.8, 4) is 17.1 Å². The maximum Gasteiger partial charge on any atom is 0.434 e. The van der Waals surface area contributed by atoms with Crippen molar-refractivity contribution in [3.05, 3.63) is 65.7 Å². The van der Waals surface area contributed by atoms with Gasteiger partial charge in [-0.2, -0.15) is 13.2 Å². The first-order valence-corrected chi connectivity index (χ1v) is 10.2. The van der Waals surface area contributed by atoms with Crippen molar-refractivity contribution < 1.29 is 17.9 Å². The van der Waals surface area contributed by atoms with E-state index in [0.717, 1.165) is 49.9 Å². The summed E-state index contributed by atoms with van der Waals surface area (Å²) < 4.78 is 44.1. The first kappa shape index (κ1) is 20.4. The molecule has 3 aromatic rings. The minimum atomic E-state index is -4.45. The third-order valence-electron chi connectivity index (χ3n) is 5.70. The smallest absolute Gasteiger partial charge is 0.434 e. The van der Waals surface area contributed by atoms with E-state index >= 15 is 0 Å². The predicted octanol–water partition coefficient (Wildman–Crippen LogP) is 6.15. The van der Waals surface area contributed by atoms with Gasteiger partial charge in [0.2, 0.25) is 0 Å². The van der Waals surface area contributed by atoms with Crippen LogP contribution in [0.4, 0.5) is 13.2 Å². The topological polar surface area (TPSA) is 50.8 Å². The summed E-state index contributed by atoms with van der Waals surface area (Å²) >= 11 is 0. The molecule has 0 aliphatic heterocycles. The molecule has 4 nitrogen and oxygen atoms in total. The van der Waals surface area contributed by atoms with Crippen LogP contribution >= 0.6 is 0 Å². The standard InChI is InChI=1S/C23H24F3N3O/c1-15-2-9-19(10-3-15)30-14-16-4-6-17(7-5-16)20-11-8-18(12-27-20)22-28-13-21(29-22)23(24,25)26/h2-3,8-13,16-17H,4-7,14H2,1H3,(H,28,29)/t16-,17-. The third kappa shape index (κ3) is 4.83. The Labute approximate surface area is 173 Å². The third-order valence-corrected chi connectivity index (χ3v) is 5.70. The average molecular weight is 415 g/mol. The van der Waals surface area contributed by atoms with Crippen LogP contribution in [0.5, 0.6) is 5.75 Å². The van der Waals surface area contributed by atoms with Crippen LogP contribution in [0.1, 0.15) is 48.6 Å². The van der Waals surface area contributed by atoms with Crippen molar-refractivity contribution in [2.24, 2.45) is 5.92 Å². The second-order valence-electron chi connectivity index (χ2n) is 7.95. The summed E-state index contributed by atoms with van der Waals surface area (Å²) in [7, 11) is 0. The fourth-order valence-electron chi connectivity index (χ4n) is 3.88. The van der Waals surface area contributed by atoms with Crippen molar-refractivity contribution in [1.82, 2.24) is 15.0 Å². The van der Waals surface area contributed by atoms with Crippen LogP contribution in [0.15, 0.2) is 48.8 Å². The molecular formula is C23H24F3N3O. The zero-order valence-electron chi connectivity index (χ0n) is 16.7. The Balaban J connectivity index is 1.30. The fraction of sp³-hybridized carbons (Fsp3) is 0.391. The molecule has 4 rings (SSSR count). The first-order chi connectivity index (χ1) is 14.4. The maximum atomic E-state index is 12.7. The van der Waals surface area contributed by atoms with Gasteiger partial charge in [-0.15, -0.1) is 0 Å². The van der Waals surface area contributed by atoms with Crippen LogP contribution in [0.2, 0.25) is 0 Å². The molecule has 0 saturated heterocycles. The normalized spacial score (nSPS) is 19.6. The zero-order chi connectivity index (χ0) is 21.1. The van der Waals surface area contributed by atoms with Crippen molar-refractivity contribution in [2.75, 3.05) is 6.61 Å². The van der Waals surface area contributed by atoms with Crippen LogP contribution in [0.25, 0.3) is 11.4 Å². The molecule has 0 radical (unpaired) electrons. The highest BCUT2D eigenvalue weighted by molar-refractivity contribution is 5.54. The Morgan fingerprint density at radius 2 is 1.77 bits per heavy atom. The van der Waals surface area contributed by atoms with Crippen LogP contribution in [0.3, 0.4) is 0 Å². The molecule has 7 heteroatoms. The monoisotopic (exact) mass is 415 g/mol. The fourth-order valence-corrected chi connectivity index (χ4v) is 3.88. The van der Waals surface area contributed by atoms with Gasteiger partial charge in [-0.1, -0.05) is 17.7 Å². The molecule has 1 aromatic carbocycles. The Hall–Kier alpha value is -2.83. The van der Waals surface area contributed by atoms with Crippen molar-refractivity contribution in [3.63, 3.8) is 0 Å². The molecule has 1 N–H and O–H groups in total. The molecule has 0 atom stereocenters. The number of imidazole rings is 1. The number of hydrogen-bond acceptors (Lipinski definition) is 3. The number of nitrogens with zero attached hydrogens (tertiary/aromatic N) is 2. The van der Waals surface area contributed by atoms with Gasteiger partial charge in [0.1, 0.15) is 11.6 Å². The molecule has 2 heterocycles. The van der Waals surface area contributed by atoms with Crippen LogP contribution < -0.4 is 4.74 Å². The van der Waals surface area contributed by atoms with E-state index in [0.29, 0.717) is 17.4 Å². The van der Waals surface area contributed by atoms with Crippen molar-refractivity contribution >= 4 is 0 Å². The number of nitrogens with one attached hydrogen (secondary N) is 1. The highest BCUT2D eigenvalue weighted by atomic mass is 19.4. The van der Waals surface area contributed by atoms with Crippen LogP contribution in [0, 0.1) is 12.8 Å². The lowest BCUT2D eigenvalue weighted by Crippen LogP contribution is -2.19. The molecule has 1 saturated carbocycles. The minimum Gasteiger partial charge on any atom is -0.493 e. The van der Waals surface area contributed by atoms with E-state index in [4.69, 9.17) is 4.74 Å². The summed E-state index contributed by atoms with van der Waals surface area (Å²) in [4.78, 5) is 10.7. The lowest BCUT2D eigenvalue weighted by Gasteiger charge is -2.28. The van der Waals surface area contributed by atoms with Crippen LogP contribution in [-0.2, 0) is 6.18 Å². The molecule has 1 fully saturated rings. The number of halogens is 3. The number of benzene rings is 1. The van der Waals surface area contributed by atoms with E-state index in [-0.39, 0.29) is 5.82 Å². The van der Waals surface area contributed by atoms with E-state index in [1.165, 1.54) is 5.56 Å². The molecule has 158 valence electrons. The minimum absolute atomic E-state index is 0.179. The lowest BCUT2D eigenvalue weighted by molar-refractivity contribution is -0.140. The number of aromatic nitrogens is 3. The summed E-state index contributed by atoms with van der Waals surface area (Å²) in [6.45, 7) is 2.78. The van der Waals surface area contributed by atoms with Gasteiger partial charge in [0.25, 0.3) is 0 Å². The number of H-pyrrole nitrogens is 1. The summed E-state index contributed by atoms with van der Waals surface area (Å²) in [6.07, 6.45) is 2.24. The van der Waals surface area contributed by atoms with Gasteiger partial charge in [-0.05, 0) is 62.8 Å². The Kier molecular flexibility index (Phi) is 5.79. The summed E-state index contributed by atoms with van der Waals surface area (Å²) in [5, 5.41) is 0. The Morgan fingerprint density at radius 1 is 1.03 bits per heavy atom. The SMILES string of the molecule is Cc1ccc(OC[C@H]2CC[C@H](c3ccc(-c4nc(C(F)(F)F)c[nH]4)cn3)CC2)cc1. The Morgan fingerprint density at radius 3 is 2.37 bits per heavy atom. The van der Waals surface area contributed by atoms with Gasteiger partial charge < -0.3 is 9.72 Å². The van der Waals surface area contributed by atoms with Crippen molar-refractivity contribution in [2.45, 2.75) is 44.7 Å². The number of ether oxygens (including phenoxy) is 1. The van der Waals surface area contributed by atoms with Gasteiger partial charge in [-0.3, -0.25) is 4.98 Å². The van der Waals surface area contributed by atoms with Crippen LogP contribution in [-0.4, -0.2) is 21.6 Å². The second-order valence-corrected chi connectivity index (χ2v) is 7.95. The number of alkyl halides is 3. The van der Waals surface area contributed by atoms with Gasteiger partial charge in [-0.25, -0.2) is 4.98 Å². The van der Waals surface area contributed by atoms with E-state index in [1.54, 1.807) is 12.3 Å². The number of aryl methyl sites for hydroxylation is 1. The lowest BCUT2D eigenvalue weighted by atomic mass is 9.80. The number of hydrogen-bond donors (Lipinski definition) is 1. The first-order valence-electron chi connectivity index (χ1n) is 10.2. The molecule has 0 bridgehead atoms.